The third-order valence-corrected chi connectivity index (χ3v) is 4.74. The molecule has 30 heavy (non-hydrogen) atoms. The SMILES string of the molecule is COc1cc(C(=O)N[C@@H](C)c2nnc3ccccn23)ccc1OCc1ccccc1. The number of carbonyl (C=O) groups excluding carboxylic acids is 1. The first-order valence-electron chi connectivity index (χ1n) is 9.61. The van der Waals surface area contributed by atoms with Gasteiger partial charge in [-0.3, -0.25) is 9.20 Å². The minimum atomic E-state index is -0.324. The molecule has 0 unspecified atom stereocenters. The lowest BCUT2D eigenvalue weighted by atomic mass is 10.1. The molecule has 0 spiro atoms. The van der Waals surface area contributed by atoms with Crippen LogP contribution in [-0.2, 0) is 6.61 Å². The van der Waals surface area contributed by atoms with Crippen LogP contribution in [0.1, 0.15) is 34.7 Å². The normalized spacial score (nSPS) is 11.8. The second-order valence-corrected chi connectivity index (χ2v) is 6.82. The third-order valence-electron chi connectivity index (χ3n) is 4.74. The quantitative estimate of drug-likeness (QED) is 0.509. The average molecular weight is 402 g/mol. The lowest BCUT2D eigenvalue weighted by Gasteiger charge is -2.15. The molecule has 1 N–H and O–H groups in total. The van der Waals surface area contributed by atoms with Crippen molar-refractivity contribution >= 4 is 11.6 Å². The van der Waals surface area contributed by atoms with Crippen LogP contribution in [0.2, 0.25) is 0 Å². The number of benzene rings is 2. The van der Waals surface area contributed by atoms with Gasteiger partial charge in [-0.15, -0.1) is 10.2 Å². The van der Waals surface area contributed by atoms with Crippen molar-refractivity contribution in [2.45, 2.75) is 19.6 Å². The fourth-order valence-corrected chi connectivity index (χ4v) is 3.16. The van der Waals surface area contributed by atoms with E-state index in [1.165, 1.54) is 0 Å². The summed E-state index contributed by atoms with van der Waals surface area (Å²) in [4.78, 5) is 12.8. The molecule has 0 fully saturated rings. The van der Waals surface area contributed by atoms with Gasteiger partial charge in [0, 0.05) is 11.8 Å². The van der Waals surface area contributed by atoms with Crippen molar-refractivity contribution in [2.24, 2.45) is 0 Å². The van der Waals surface area contributed by atoms with E-state index < -0.39 is 0 Å². The molecule has 0 radical (unpaired) electrons. The van der Waals surface area contributed by atoms with Gasteiger partial charge in [-0.25, -0.2) is 0 Å². The molecule has 4 aromatic rings. The topological polar surface area (TPSA) is 77.8 Å². The second kappa shape index (κ2) is 8.65. The summed E-state index contributed by atoms with van der Waals surface area (Å²) in [5.41, 5.74) is 2.26. The number of rotatable bonds is 7. The van der Waals surface area contributed by atoms with Crippen molar-refractivity contribution < 1.29 is 14.3 Å². The summed E-state index contributed by atoms with van der Waals surface area (Å²) in [7, 11) is 1.55. The van der Waals surface area contributed by atoms with E-state index in [1.54, 1.807) is 25.3 Å². The smallest absolute Gasteiger partial charge is 0.252 e. The van der Waals surface area contributed by atoms with Crippen LogP contribution in [0.4, 0.5) is 0 Å². The summed E-state index contributed by atoms with van der Waals surface area (Å²) in [6.45, 7) is 2.29. The summed E-state index contributed by atoms with van der Waals surface area (Å²) >= 11 is 0. The van der Waals surface area contributed by atoms with Gasteiger partial charge in [-0.05, 0) is 42.8 Å². The lowest BCUT2D eigenvalue weighted by Crippen LogP contribution is -2.28. The van der Waals surface area contributed by atoms with Crippen molar-refractivity contribution in [3.05, 3.63) is 89.9 Å². The van der Waals surface area contributed by atoms with Crippen LogP contribution in [-0.4, -0.2) is 27.6 Å². The van der Waals surface area contributed by atoms with Crippen LogP contribution in [0.5, 0.6) is 11.5 Å². The van der Waals surface area contributed by atoms with Gasteiger partial charge < -0.3 is 14.8 Å². The molecule has 2 heterocycles. The van der Waals surface area contributed by atoms with Crippen LogP contribution < -0.4 is 14.8 Å². The number of carbonyl (C=O) groups is 1. The monoisotopic (exact) mass is 402 g/mol. The molecule has 2 aromatic heterocycles. The van der Waals surface area contributed by atoms with Gasteiger partial charge in [0.05, 0.1) is 13.2 Å². The van der Waals surface area contributed by atoms with Gasteiger partial charge in [0.2, 0.25) is 0 Å². The number of aromatic nitrogens is 3. The molecule has 1 amide bonds. The largest absolute Gasteiger partial charge is 0.493 e. The highest BCUT2D eigenvalue weighted by molar-refractivity contribution is 5.95. The molecule has 2 aromatic carbocycles. The number of pyridine rings is 1. The molecule has 0 saturated heterocycles. The van der Waals surface area contributed by atoms with Crippen LogP contribution in [0, 0.1) is 0 Å². The van der Waals surface area contributed by atoms with Crippen molar-refractivity contribution in [1.82, 2.24) is 19.9 Å². The minimum absolute atomic E-state index is 0.233. The average Bonchev–Trinajstić information content (AvgIpc) is 3.22. The summed E-state index contributed by atoms with van der Waals surface area (Å²) in [6.07, 6.45) is 1.87. The van der Waals surface area contributed by atoms with Gasteiger partial charge in [-0.2, -0.15) is 0 Å². The molecule has 7 heteroatoms. The van der Waals surface area contributed by atoms with Crippen molar-refractivity contribution in [1.29, 1.82) is 0 Å². The molecule has 0 aliphatic carbocycles. The van der Waals surface area contributed by atoms with E-state index >= 15 is 0 Å². The first-order valence-corrected chi connectivity index (χ1v) is 9.61. The maximum absolute atomic E-state index is 12.8. The fraction of sp³-hybridized carbons (Fsp3) is 0.174. The van der Waals surface area contributed by atoms with Gasteiger partial charge in [0.1, 0.15) is 6.61 Å². The number of nitrogens with one attached hydrogen (secondary N) is 1. The Kier molecular flexibility index (Phi) is 5.61. The van der Waals surface area contributed by atoms with E-state index in [-0.39, 0.29) is 11.9 Å². The van der Waals surface area contributed by atoms with Crippen LogP contribution in [0.3, 0.4) is 0 Å². The van der Waals surface area contributed by atoms with Crippen molar-refractivity contribution in [3.8, 4) is 11.5 Å². The van der Waals surface area contributed by atoms with E-state index in [0.29, 0.717) is 29.5 Å². The van der Waals surface area contributed by atoms with E-state index in [9.17, 15) is 4.79 Å². The van der Waals surface area contributed by atoms with E-state index in [4.69, 9.17) is 9.47 Å². The molecule has 0 aliphatic heterocycles. The van der Waals surface area contributed by atoms with Crippen LogP contribution in [0.15, 0.2) is 72.9 Å². The third kappa shape index (κ3) is 4.10. The maximum Gasteiger partial charge on any atom is 0.252 e. The number of hydrogen-bond donors (Lipinski definition) is 1. The molecule has 0 saturated carbocycles. The number of ether oxygens (including phenoxy) is 2. The second-order valence-electron chi connectivity index (χ2n) is 6.82. The zero-order valence-corrected chi connectivity index (χ0v) is 16.8. The molecule has 0 bridgehead atoms. The number of methoxy groups -OCH3 is 1. The Balaban J connectivity index is 1.47. The van der Waals surface area contributed by atoms with E-state index in [0.717, 1.165) is 11.2 Å². The summed E-state index contributed by atoms with van der Waals surface area (Å²) in [5.74, 6) is 1.50. The Bertz CT molecular complexity index is 1160. The molecule has 152 valence electrons. The molecule has 0 aliphatic rings. The van der Waals surface area contributed by atoms with Gasteiger partial charge in [0.25, 0.3) is 5.91 Å². The highest BCUT2D eigenvalue weighted by Gasteiger charge is 2.18. The number of amides is 1. The summed E-state index contributed by atoms with van der Waals surface area (Å²) < 4.78 is 13.1. The Morgan fingerprint density at radius 2 is 1.83 bits per heavy atom. The fourth-order valence-electron chi connectivity index (χ4n) is 3.16. The predicted molar refractivity (Wildman–Crippen MR) is 113 cm³/mol. The van der Waals surface area contributed by atoms with Gasteiger partial charge >= 0.3 is 0 Å². The van der Waals surface area contributed by atoms with Gasteiger partial charge in [0.15, 0.2) is 23.0 Å². The first-order chi connectivity index (χ1) is 14.7. The molecule has 7 nitrogen and oxygen atoms in total. The van der Waals surface area contributed by atoms with E-state index in [1.807, 2.05) is 66.1 Å². The Morgan fingerprint density at radius 1 is 1.03 bits per heavy atom. The number of nitrogens with zero attached hydrogens (tertiary/aromatic N) is 3. The summed E-state index contributed by atoms with van der Waals surface area (Å²) in [6, 6.07) is 20.3. The minimum Gasteiger partial charge on any atom is -0.493 e. The highest BCUT2D eigenvalue weighted by Crippen LogP contribution is 2.29. The number of hydrogen-bond acceptors (Lipinski definition) is 5. The molecule has 1 atom stereocenters. The predicted octanol–water partition coefficient (Wildman–Crippen LogP) is 3.81. The van der Waals surface area contributed by atoms with Crippen LogP contribution in [0.25, 0.3) is 5.65 Å². The lowest BCUT2D eigenvalue weighted by molar-refractivity contribution is 0.0937. The van der Waals surface area contributed by atoms with E-state index in [2.05, 4.69) is 15.5 Å². The zero-order chi connectivity index (χ0) is 20.9. The van der Waals surface area contributed by atoms with Gasteiger partial charge in [-0.1, -0.05) is 36.4 Å². The molecule has 4 rings (SSSR count). The zero-order valence-electron chi connectivity index (χ0n) is 16.8. The molecular weight excluding hydrogens is 380 g/mol. The van der Waals surface area contributed by atoms with Crippen molar-refractivity contribution in [3.63, 3.8) is 0 Å². The van der Waals surface area contributed by atoms with Crippen molar-refractivity contribution in [2.75, 3.05) is 7.11 Å². The summed E-state index contributed by atoms with van der Waals surface area (Å²) in [5, 5.41) is 11.3. The Morgan fingerprint density at radius 3 is 2.63 bits per heavy atom. The standard InChI is InChI=1S/C23H22N4O3/c1-16(22-26-25-21-10-6-7-13-27(21)22)24-23(28)18-11-12-19(20(14-18)29-2)30-15-17-8-4-3-5-9-17/h3-14,16H,15H2,1-2H3,(H,24,28)/t16-/m0/s1. The first kappa shape index (κ1) is 19.4. The molecular formula is C23H22N4O3. The Labute approximate surface area is 174 Å². The maximum atomic E-state index is 12.8. The van der Waals surface area contributed by atoms with Crippen LogP contribution >= 0.6 is 0 Å². The number of fused-ring (bicyclic) bond motifs is 1. The highest BCUT2D eigenvalue weighted by atomic mass is 16.5. The Hall–Kier alpha value is -3.87.